The Morgan fingerprint density at radius 3 is 2.27 bits per heavy atom. The molecule has 0 radical (unpaired) electrons. The standard InChI is InChI=1S/C22H21F4N3O4/c1-12-10-15(3-5-17(12)23)27-19(30)13-2-4-18(24)16(11-13)22(25,26)20(31)29-8-6-14(7-9-29)28-21(32)33/h2-5,10-11,14,28H,6-9H2,1H3,(H,27,30)(H,32,33). The largest absolute Gasteiger partial charge is 0.465 e. The molecule has 3 rings (SSSR count). The number of carbonyl (C=O) groups is 3. The summed E-state index contributed by atoms with van der Waals surface area (Å²) in [7, 11) is 0. The van der Waals surface area contributed by atoms with Crippen molar-refractivity contribution in [1.29, 1.82) is 0 Å². The number of aryl methyl sites for hydroxylation is 1. The third kappa shape index (κ3) is 5.41. The maximum atomic E-state index is 15.0. The Morgan fingerprint density at radius 1 is 1.03 bits per heavy atom. The van der Waals surface area contributed by atoms with E-state index in [0.29, 0.717) is 12.1 Å². The van der Waals surface area contributed by atoms with Crippen LogP contribution in [-0.4, -0.2) is 47.0 Å². The number of carboxylic acid groups (broad SMARTS) is 1. The van der Waals surface area contributed by atoms with Gasteiger partial charge in [-0.2, -0.15) is 8.78 Å². The Labute approximate surface area is 186 Å². The van der Waals surface area contributed by atoms with Crippen LogP contribution < -0.4 is 10.6 Å². The van der Waals surface area contributed by atoms with Gasteiger partial charge in [-0.05, 0) is 61.7 Å². The highest BCUT2D eigenvalue weighted by atomic mass is 19.3. The van der Waals surface area contributed by atoms with Gasteiger partial charge in [0.2, 0.25) is 0 Å². The lowest BCUT2D eigenvalue weighted by atomic mass is 10.00. The van der Waals surface area contributed by atoms with Crippen molar-refractivity contribution in [3.63, 3.8) is 0 Å². The maximum Gasteiger partial charge on any atom is 0.404 e. The van der Waals surface area contributed by atoms with Gasteiger partial charge in [-0.1, -0.05) is 0 Å². The van der Waals surface area contributed by atoms with Crippen LogP contribution in [0.15, 0.2) is 36.4 Å². The molecule has 2 aromatic carbocycles. The Kier molecular flexibility index (Phi) is 6.89. The fourth-order valence-corrected chi connectivity index (χ4v) is 3.55. The number of halogens is 4. The predicted octanol–water partition coefficient (Wildman–Crippen LogP) is 3.88. The summed E-state index contributed by atoms with van der Waals surface area (Å²) >= 11 is 0. The average molecular weight is 467 g/mol. The zero-order valence-electron chi connectivity index (χ0n) is 17.5. The number of alkyl halides is 2. The lowest BCUT2D eigenvalue weighted by Gasteiger charge is -2.34. The molecule has 7 nitrogen and oxygen atoms in total. The molecule has 0 aliphatic carbocycles. The number of amides is 3. The Balaban J connectivity index is 1.77. The highest BCUT2D eigenvalue weighted by Crippen LogP contribution is 2.34. The van der Waals surface area contributed by atoms with Gasteiger partial charge in [-0.3, -0.25) is 9.59 Å². The van der Waals surface area contributed by atoms with E-state index in [1.54, 1.807) is 0 Å². The summed E-state index contributed by atoms with van der Waals surface area (Å²) < 4.78 is 57.6. The number of benzene rings is 2. The molecule has 1 aliphatic rings. The molecule has 1 saturated heterocycles. The first-order valence-electron chi connectivity index (χ1n) is 10.0. The van der Waals surface area contributed by atoms with Crippen LogP contribution >= 0.6 is 0 Å². The summed E-state index contributed by atoms with van der Waals surface area (Å²) in [5.74, 6) is -8.57. The number of piperidine rings is 1. The summed E-state index contributed by atoms with van der Waals surface area (Å²) in [6, 6.07) is 5.56. The summed E-state index contributed by atoms with van der Waals surface area (Å²) in [5.41, 5.74) is -1.09. The zero-order valence-corrected chi connectivity index (χ0v) is 17.5. The minimum Gasteiger partial charge on any atom is -0.465 e. The minimum absolute atomic E-state index is 0.134. The molecule has 0 bridgehead atoms. The van der Waals surface area contributed by atoms with E-state index in [2.05, 4.69) is 10.6 Å². The molecule has 1 heterocycles. The molecule has 33 heavy (non-hydrogen) atoms. The molecule has 1 fully saturated rings. The van der Waals surface area contributed by atoms with Crippen molar-refractivity contribution in [1.82, 2.24) is 10.2 Å². The molecule has 176 valence electrons. The number of anilines is 1. The van der Waals surface area contributed by atoms with E-state index in [1.165, 1.54) is 19.1 Å². The van der Waals surface area contributed by atoms with E-state index in [-0.39, 0.29) is 42.7 Å². The summed E-state index contributed by atoms with van der Waals surface area (Å²) in [6.45, 7) is 1.21. The summed E-state index contributed by atoms with van der Waals surface area (Å²) in [4.78, 5) is 36.5. The highest BCUT2D eigenvalue weighted by molar-refractivity contribution is 6.04. The lowest BCUT2D eigenvalue weighted by Crippen LogP contribution is -2.50. The molecule has 3 N–H and O–H groups in total. The van der Waals surface area contributed by atoms with Gasteiger partial charge in [0, 0.05) is 30.4 Å². The number of hydrogen-bond acceptors (Lipinski definition) is 3. The fraction of sp³-hybridized carbons (Fsp3) is 0.318. The zero-order chi connectivity index (χ0) is 24.3. The van der Waals surface area contributed by atoms with E-state index in [9.17, 15) is 31.9 Å². The van der Waals surface area contributed by atoms with Crippen molar-refractivity contribution in [3.8, 4) is 0 Å². The second-order valence-electron chi connectivity index (χ2n) is 7.70. The number of carbonyl (C=O) groups excluding carboxylic acids is 2. The van der Waals surface area contributed by atoms with Crippen molar-refractivity contribution in [2.45, 2.75) is 31.7 Å². The summed E-state index contributed by atoms with van der Waals surface area (Å²) in [5, 5.41) is 13.4. The molecule has 0 saturated carbocycles. The number of nitrogens with one attached hydrogen (secondary N) is 2. The minimum atomic E-state index is -4.25. The third-order valence-electron chi connectivity index (χ3n) is 5.36. The first-order chi connectivity index (χ1) is 15.5. The fourth-order valence-electron chi connectivity index (χ4n) is 3.55. The van der Waals surface area contributed by atoms with E-state index in [0.717, 1.165) is 17.0 Å². The van der Waals surface area contributed by atoms with Crippen LogP contribution in [0.25, 0.3) is 0 Å². The van der Waals surface area contributed by atoms with Crippen LogP contribution in [0.5, 0.6) is 0 Å². The molecule has 0 unspecified atom stereocenters. The third-order valence-corrected chi connectivity index (χ3v) is 5.36. The summed E-state index contributed by atoms with van der Waals surface area (Å²) in [6.07, 6.45) is -0.982. The van der Waals surface area contributed by atoms with Gasteiger partial charge in [0.1, 0.15) is 11.6 Å². The molecular formula is C22H21F4N3O4. The first kappa shape index (κ1) is 24.0. The van der Waals surface area contributed by atoms with Crippen molar-refractivity contribution >= 4 is 23.6 Å². The normalized spacial score (nSPS) is 14.6. The molecule has 1 aliphatic heterocycles. The van der Waals surface area contributed by atoms with Crippen molar-refractivity contribution in [2.24, 2.45) is 0 Å². The van der Waals surface area contributed by atoms with Gasteiger partial charge in [-0.25, -0.2) is 13.6 Å². The van der Waals surface area contributed by atoms with Gasteiger partial charge < -0.3 is 20.6 Å². The van der Waals surface area contributed by atoms with Crippen molar-refractivity contribution in [2.75, 3.05) is 18.4 Å². The molecular weight excluding hydrogens is 446 g/mol. The molecule has 0 aromatic heterocycles. The number of likely N-dealkylation sites (tertiary alicyclic amines) is 1. The average Bonchev–Trinajstić information content (AvgIpc) is 2.76. The lowest BCUT2D eigenvalue weighted by molar-refractivity contribution is -0.160. The van der Waals surface area contributed by atoms with Gasteiger partial charge >= 0.3 is 12.0 Å². The van der Waals surface area contributed by atoms with Crippen molar-refractivity contribution < 1.29 is 37.1 Å². The van der Waals surface area contributed by atoms with Crippen LogP contribution in [-0.2, 0) is 10.7 Å². The van der Waals surface area contributed by atoms with Crippen LogP contribution in [0, 0.1) is 18.6 Å². The Bertz CT molecular complexity index is 1090. The Morgan fingerprint density at radius 2 is 1.67 bits per heavy atom. The maximum absolute atomic E-state index is 15.0. The van der Waals surface area contributed by atoms with Gasteiger partial charge in [-0.15, -0.1) is 0 Å². The van der Waals surface area contributed by atoms with Crippen LogP contribution in [0.2, 0.25) is 0 Å². The first-order valence-corrected chi connectivity index (χ1v) is 10.0. The van der Waals surface area contributed by atoms with E-state index in [4.69, 9.17) is 5.11 Å². The van der Waals surface area contributed by atoms with Crippen molar-refractivity contribution in [3.05, 3.63) is 64.7 Å². The number of nitrogens with zero attached hydrogens (tertiary/aromatic N) is 1. The monoisotopic (exact) mass is 467 g/mol. The second-order valence-corrected chi connectivity index (χ2v) is 7.70. The van der Waals surface area contributed by atoms with Crippen LogP contribution in [0.3, 0.4) is 0 Å². The Hall–Kier alpha value is -3.63. The smallest absolute Gasteiger partial charge is 0.404 e. The SMILES string of the molecule is Cc1cc(NC(=O)c2ccc(F)c(C(F)(F)C(=O)N3CCC(NC(=O)O)CC3)c2)ccc1F. The predicted molar refractivity (Wildman–Crippen MR) is 110 cm³/mol. The molecule has 0 atom stereocenters. The highest BCUT2D eigenvalue weighted by Gasteiger charge is 2.47. The van der Waals surface area contributed by atoms with E-state index >= 15 is 0 Å². The van der Waals surface area contributed by atoms with E-state index in [1.807, 2.05) is 0 Å². The van der Waals surface area contributed by atoms with Crippen LogP contribution in [0.1, 0.15) is 34.3 Å². The topological polar surface area (TPSA) is 98.7 Å². The second kappa shape index (κ2) is 9.47. The van der Waals surface area contributed by atoms with Crippen LogP contribution in [0.4, 0.5) is 28.0 Å². The quantitative estimate of drug-likeness (QED) is 0.582. The van der Waals surface area contributed by atoms with E-state index < -0.39 is 47.1 Å². The molecule has 11 heteroatoms. The number of rotatable bonds is 5. The number of hydrogen-bond donors (Lipinski definition) is 3. The van der Waals surface area contributed by atoms with Gasteiger partial charge in [0.25, 0.3) is 11.8 Å². The molecule has 2 aromatic rings. The molecule has 3 amide bonds. The molecule has 0 spiro atoms. The van der Waals surface area contributed by atoms with Gasteiger partial charge in [0.05, 0.1) is 5.56 Å². The van der Waals surface area contributed by atoms with Gasteiger partial charge in [0.15, 0.2) is 0 Å².